The smallest absolute Gasteiger partial charge is 0.270 e. The fourth-order valence-electron chi connectivity index (χ4n) is 3.72. The number of nitrogens with two attached hydrogens (primary N) is 1. The van der Waals surface area contributed by atoms with Crippen LogP contribution in [0.5, 0.6) is 0 Å². The highest BCUT2D eigenvalue weighted by Crippen LogP contribution is 2.26. The van der Waals surface area contributed by atoms with Crippen LogP contribution in [0.15, 0.2) is 53.6 Å². The molecule has 7 nitrogen and oxygen atoms in total. The highest BCUT2D eigenvalue weighted by Gasteiger charge is 2.37. The summed E-state index contributed by atoms with van der Waals surface area (Å²) < 4.78 is 13.2. The number of benzene rings is 2. The first-order chi connectivity index (χ1) is 14.4. The van der Waals surface area contributed by atoms with E-state index in [9.17, 15) is 14.0 Å². The molecule has 4 rings (SSSR count). The van der Waals surface area contributed by atoms with E-state index in [4.69, 9.17) is 17.3 Å². The second kappa shape index (κ2) is 8.31. The zero-order valence-electron chi connectivity index (χ0n) is 16.2. The van der Waals surface area contributed by atoms with Gasteiger partial charge in [0.2, 0.25) is 5.91 Å². The summed E-state index contributed by atoms with van der Waals surface area (Å²) in [6.07, 6.45) is 0.125. The van der Waals surface area contributed by atoms with E-state index < -0.39 is 17.8 Å². The number of rotatable bonds is 4. The Hall–Kier alpha value is -3.13. The van der Waals surface area contributed by atoms with E-state index in [0.29, 0.717) is 36.9 Å². The Morgan fingerprint density at radius 2 is 1.73 bits per heavy atom. The summed E-state index contributed by atoms with van der Waals surface area (Å²) in [5.41, 5.74) is 7.32. The molecule has 0 radical (unpaired) electrons. The standard InChI is InChI=1S/C21H21ClFN5O2/c22-14-2-1-3-17(12-14)26-8-10-27(11-9-26)21(30)18-13-19(20(24)29)28(25-18)16-6-4-15(23)5-7-16/h1-7,12,19H,8-11,13H2,(H2,24,29)/t19-/m0/s1. The third kappa shape index (κ3) is 4.09. The highest BCUT2D eigenvalue weighted by atomic mass is 35.5. The average molecular weight is 430 g/mol. The number of nitrogens with zero attached hydrogens (tertiary/aromatic N) is 4. The average Bonchev–Trinajstić information content (AvgIpc) is 3.20. The molecule has 2 aliphatic heterocycles. The molecule has 0 aromatic heterocycles. The summed E-state index contributed by atoms with van der Waals surface area (Å²) in [5.74, 6) is -1.19. The van der Waals surface area contributed by atoms with Gasteiger partial charge in [0.15, 0.2) is 0 Å². The van der Waals surface area contributed by atoms with Crippen molar-refractivity contribution in [2.75, 3.05) is 36.1 Å². The summed E-state index contributed by atoms with van der Waals surface area (Å²) in [5, 5.41) is 6.43. The molecule has 1 fully saturated rings. The van der Waals surface area contributed by atoms with Crippen molar-refractivity contribution in [1.29, 1.82) is 0 Å². The van der Waals surface area contributed by atoms with E-state index in [-0.39, 0.29) is 18.0 Å². The molecule has 0 aliphatic carbocycles. The zero-order valence-corrected chi connectivity index (χ0v) is 16.9. The van der Waals surface area contributed by atoms with Gasteiger partial charge in [-0.3, -0.25) is 14.6 Å². The highest BCUT2D eigenvalue weighted by molar-refractivity contribution is 6.40. The first-order valence-electron chi connectivity index (χ1n) is 9.64. The molecule has 0 bridgehead atoms. The van der Waals surface area contributed by atoms with Gasteiger partial charge in [-0.2, -0.15) is 5.10 Å². The molecule has 2 heterocycles. The van der Waals surface area contributed by atoms with Gasteiger partial charge in [-0.25, -0.2) is 4.39 Å². The van der Waals surface area contributed by atoms with Crippen LogP contribution < -0.4 is 15.6 Å². The Kier molecular flexibility index (Phi) is 5.59. The van der Waals surface area contributed by atoms with Crippen molar-refractivity contribution in [2.24, 2.45) is 10.8 Å². The number of anilines is 2. The van der Waals surface area contributed by atoms with Crippen molar-refractivity contribution in [1.82, 2.24) is 4.90 Å². The van der Waals surface area contributed by atoms with E-state index in [2.05, 4.69) is 10.0 Å². The first-order valence-corrected chi connectivity index (χ1v) is 10.0. The van der Waals surface area contributed by atoms with Crippen molar-refractivity contribution in [3.63, 3.8) is 0 Å². The molecule has 2 amide bonds. The summed E-state index contributed by atoms with van der Waals surface area (Å²) >= 11 is 6.07. The summed E-state index contributed by atoms with van der Waals surface area (Å²) in [6, 6.07) is 12.4. The molecule has 1 atom stereocenters. The Labute approximate surface area is 178 Å². The normalized spacial score (nSPS) is 19.1. The van der Waals surface area contributed by atoms with Gasteiger partial charge in [0.25, 0.3) is 5.91 Å². The van der Waals surface area contributed by atoms with Gasteiger partial charge in [0.05, 0.1) is 5.69 Å². The molecule has 2 aromatic carbocycles. The first kappa shape index (κ1) is 20.2. The van der Waals surface area contributed by atoms with E-state index in [1.165, 1.54) is 29.3 Å². The maximum absolute atomic E-state index is 13.2. The van der Waals surface area contributed by atoms with Gasteiger partial charge >= 0.3 is 0 Å². The van der Waals surface area contributed by atoms with Crippen LogP contribution in [0.25, 0.3) is 0 Å². The van der Waals surface area contributed by atoms with Crippen LogP contribution in [-0.4, -0.2) is 54.6 Å². The number of carbonyl (C=O) groups is 2. The minimum atomic E-state index is -0.776. The third-order valence-electron chi connectivity index (χ3n) is 5.32. The fourth-order valence-corrected chi connectivity index (χ4v) is 3.90. The number of halogens is 2. The van der Waals surface area contributed by atoms with E-state index in [1.807, 2.05) is 24.3 Å². The molecule has 0 unspecified atom stereocenters. The lowest BCUT2D eigenvalue weighted by molar-refractivity contribution is -0.124. The van der Waals surface area contributed by atoms with Gasteiger partial charge in [-0.15, -0.1) is 0 Å². The minimum Gasteiger partial charge on any atom is -0.368 e. The molecule has 30 heavy (non-hydrogen) atoms. The molecule has 2 aromatic rings. The molecule has 0 saturated carbocycles. The third-order valence-corrected chi connectivity index (χ3v) is 5.55. The van der Waals surface area contributed by atoms with Crippen LogP contribution >= 0.6 is 11.6 Å². The Morgan fingerprint density at radius 1 is 1.03 bits per heavy atom. The number of hydrazone groups is 1. The number of primary amides is 1. The molecular formula is C21H21ClFN5O2. The van der Waals surface area contributed by atoms with Crippen molar-refractivity contribution < 1.29 is 14.0 Å². The molecular weight excluding hydrogens is 409 g/mol. The van der Waals surface area contributed by atoms with Crippen LogP contribution in [0.1, 0.15) is 6.42 Å². The number of hydrogen-bond donors (Lipinski definition) is 1. The van der Waals surface area contributed by atoms with Crippen LogP contribution in [0, 0.1) is 5.82 Å². The van der Waals surface area contributed by atoms with Crippen LogP contribution in [0.3, 0.4) is 0 Å². The minimum absolute atomic E-state index is 0.125. The fraction of sp³-hybridized carbons (Fsp3) is 0.286. The van der Waals surface area contributed by atoms with Crippen molar-refractivity contribution in [2.45, 2.75) is 12.5 Å². The van der Waals surface area contributed by atoms with E-state index in [1.54, 1.807) is 4.90 Å². The zero-order chi connectivity index (χ0) is 21.3. The molecule has 2 N–H and O–H groups in total. The lowest BCUT2D eigenvalue weighted by Gasteiger charge is -2.36. The van der Waals surface area contributed by atoms with Gasteiger partial charge in [0, 0.05) is 43.3 Å². The van der Waals surface area contributed by atoms with Gasteiger partial charge in [-0.1, -0.05) is 17.7 Å². The summed E-state index contributed by atoms with van der Waals surface area (Å²) in [6.45, 7) is 2.39. The summed E-state index contributed by atoms with van der Waals surface area (Å²) in [4.78, 5) is 28.8. The number of carbonyl (C=O) groups excluding carboxylic acids is 2. The number of hydrogen-bond acceptors (Lipinski definition) is 5. The van der Waals surface area contributed by atoms with Gasteiger partial charge in [0.1, 0.15) is 17.6 Å². The topological polar surface area (TPSA) is 82.2 Å². The second-order valence-corrected chi connectivity index (χ2v) is 7.69. The Balaban J connectivity index is 1.46. The lowest BCUT2D eigenvalue weighted by atomic mass is 10.1. The Bertz CT molecular complexity index is 989. The van der Waals surface area contributed by atoms with Crippen molar-refractivity contribution in [3.05, 3.63) is 59.4 Å². The van der Waals surface area contributed by atoms with E-state index >= 15 is 0 Å². The lowest BCUT2D eigenvalue weighted by Crippen LogP contribution is -2.50. The maximum atomic E-state index is 13.2. The predicted octanol–water partition coefficient (Wildman–Crippen LogP) is 2.25. The van der Waals surface area contributed by atoms with Crippen LogP contribution in [-0.2, 0) is 9.59 Å². The van der Waals surface area contributed by atoms with Crippen LogP contribution in [0.4, 0.5) is 15.8 Å². The van der Waals surface area contributed by atoms with Crippen molar-refractivity contribution >= 4 is 40.5 Å². The maximum Gasteiger partial charge on any atom is 0.270 e. The Morgan fingerprint density at radius 3 is 2.37 bits per heavy atom. The van der Waals surface area contributed by atoms with E-state index in [0.717, 1.165) is 5.69 Å². The molecule has 0 spiro atoms. The number of piperazine rings is 1. The molecule has 2 aliphatic rings. The second-order valence-electron chi connectivity index (χ2n) is 7.25. The SMILES string of the molecule is NC(=O)[C@@H]1CC(C(=O)N2CCN(c3cccc(Cl)c3)CC2)=NN1c1ccc(F)cc1. The van der Waals surface area contributed by atoms with Gasteiger partial charge in [-0.05, 0) is 42.5 Å². The van der Waals surface area contributed by atoms with Crippen LogP contribution in [0.2, 0.25) is 5.02 Å². The molecule has 156 valence electrons. The van der Waals surface area contributed by atoms with Gasteiger partial charge < -0.3 is 15.5 Å². The summed E-state index contributed by atoms with van der Waals surface area (Å²) in [7, 11) is 0. The number of amides is 2. The van der Waals surface area contributed by atoms with Crippen molar-refractivity contribution in [3.8, 4) is 0 Å². The largest absolute Gasteiger partial charge is 0.368 e. The molecule has 1 saturated heterocycles. The monoisotopic (exact) mass is 429 g/mol. The predicted molar refractivity (Wildman–Crippen MR) is 114 cm³/mol. The molecule has 9 heteroatoms. The quantitative estimate of drug-likeness (QED) is 0.808.